The Balaban J connectivity index is 1.40. The van der Waals surface area contributed by atoms with Gasteiger partial charge in [0.15, 0.2) is 6.61 Å². The van der Waals surface area contributed by atoms with E-state index < -0.39 is 17.7 Å². The number of aliphatic hydroxyl groups is 1. The van der Waals surface area contributed by atoms with Gasteiger partial charge in [0.05, 0.1) is 31.5 Å². The Morgan fingerprint density at radius 1 is 0.889 bits per heavy atom. The van der Waals surface area contributed by atoms with Crippen molar-refractivity contribution in [2.24, 2.45) is 0 Å². The third kappa shape index (κ3) is 6.21. The Kier molecular flexibility index (Phi) is 8.45. The van der Waals surface area contributed by atoms with Crippen LogP contribution in [0.5, 0.6) is 17.2 Å². The van der Waals surface area contributed by atoms with Crippen LogP contribution in [0, 0.1) is 0 Å². The molecule has 228 valence electrons. The SMILES string of the molecule is COC(=O)COc1cc(OC)ccc1CC1=C(c2ccc3nsnc3c2)C(=O)OC1(O)c1ccc(OCc2ccccc2)cc1. The number of hydrogen-bond acceptors (Lipinski definition) is 11. The Morgan fingerprint density at radius 3 is 2.40 bits per heavy atom. The van der Waals surface area contributed by atoms with E-state index in [0.29, 0.717) is 51.6 Å². The first-order valence-corrected chi connectivity index (χ1v) is 14.7. The average molecular weight is 625 g/mol. The zero-order valence-corrected chi connectivity index (χ0v) is 25.2. The van der Waals surface area contributed by atoms with E-state index in [1.54, 1.807) is 60.7 Å². The van der Waals surface area contributed by atoms with Gasteiger partial charge in [-0.2, -0.15) is 8.75 Å². The molecule has 1 aliphatic rings. The lowest BCUT2D eigenvalue weighted by atomic mass is 9.87. The van der Waals surface area contributed by atoms with Crippen molar-refractivity contribution in [3.8, 4) is 17.2 Å². The summed E-state index contributed by atoms with van der Waals surface area (Å²) in [6.07, 6.45) is 0.0255. The predicted molar refractivity (Wildman–Crippen MR) is 166 cm³/mol. The van der Waals surface area contributed by atoms with E-state index in [2.05, 4.69) is 8.75 Å². The molecule has 4 aromatic carbocycles. The van der Waals surface area contributed by atoms with E-state index in [4.69, 9.17) is 23.7 Å². The lowest BCUT2D eigenvalue weighted by molar-refractivity contribution is -0.185. The lowest BCUT2D eigenvalue weighted by Gasteiger charge is -2.26. The van der Waals surface area contributed by atoms with Crippen LogP contribution in [0.2, 0.25) is 0 Å². The van der Waals surface area contributed by atoms with Gasteiger partial charge < -0.3 is 28.8 Å². The largest absolute Gasteiger partial charge is 0.497 e. The molecule has 0 saturated heterocycles. The second kappa shape index (κ2) is 12.8. The van der Waals surface area contributed by atoms with Crippen LogP contribution in [0.1, 0.15) is 22.3 Å². The van der Waals surface area contributed by atoms with Crippen LogP contribution in [0.3, 0.4) is 0 Å². The maximum Gasteiger partial charge on any atom is 0.343 e. The minimum absolute atomic E-state index is 0.0255. The highest BCUT2D eigenvalue weighted by molar-refractivity contribution is 7.00. The second-order valence-corrected chi connectivity index (χ2v) is 10.7. The molecule has 0 radical (unpaired) electrons. The number of ether oxygens (including phenoxy) is 5. The third-order valence-corrected chi connectivity index (χ3v) is 7.96. The molecule has 0 amide bonds. The molecule has 0 aliphatic carbocycles. The molecule has 1 N–H and O–H groups in total. The van der Waals surface area contributed by atoms with Gasteiger partial charge in [-0.25, -0.2) is 9.59 Å². The summed E-state index contributed by atoms with van der Waals surface area (Å²) in [7, 11) is 2.78. The minimum Gasteiger partial charge on any atom is -0.497 e. The fourth-order valence-corrected chi connectivity index (χ4v) is 5.57. The fraction of sp³-hybridized carbons (Fsp3) is 0.176. The van der Waals surface area contributed by atoms with Crippen LogP contribution in [0.15, 0.2) is 96.6 Å². The number of nitrogens with zero attached hydrogens (tertiary/aromatic N) is 2. The number of fused-ring (bicyclic) bond motifs is 1. The molecule has 45 heavy (non-hydrogen) atoms. The summed E-state index contributed by atoms with van der Waals surface area (Å²) >= 11 is 1.06. The first-order chi connectivity index (χ1) is 21.9. The van der Waals surface area contributed by atoms with Gasteiger partial charge in [0.25, 0.3) is 5.79 Å². The van der Waals surface area contributed by atoms with Crippen molar-refractivity contribution in [2.45, 2.75) is 18.8 Å². The first-order valence-electron chi connectivity index (χ1n) is 13.9. The molecule has 1 aliphatic heterocycles. The zero-order chi connectivity index (χ0) is 31.4. The first kappa shape index (κ1) is 29.8. The second-order valence-electron chi connectivity index (χ2n) is 10.2. The summed E-state index contributed by atoms with van der Waals surface area (Å²) in [4.78, 5) is 25.5. The van der Waals surface area contributed by atoms with Crippen LogP contribution < -0.4 is 14.2 Å². The summed E-state index contributed by atoms with van der Waals surface area (Å²) in [6.45, 7) is 0.0225. The third-order valence-electron chi connectivity index (χ3n) is 7.41. The number of methoxy groups -OCH3 is 2. The van der Waals surface area contributed by atoms with Gasteiger partial charge in [0.1, 0.15) is 34.9 Å². The smallest absolute Gasteiger partial charge is 0.343 e. The van der Waals surface area contributed by atoms with Crippen molar-refractivity contribution in [1.82, 2.24) is 8.75 Å². The van der Waals surface area contributed by atoms with E-state index in [0.717, 1.165) is 17.3 Å². The quantitative estimate of drug-likeness (QED) is 0.195. The van der Waals surface area contributed by atoms with E-state index in [1.807, 2.05) is 30.3 Å². The molecule has 10 nitrogen and oxygen atoms in total. The summed E-state index contributed by atoms with van der Waals surface area (Å²) in [5, 5.41) is 12.2. The Hall–Kier alpha value is -5.26. The molecule has 0 saturated carbocycles. The molecule has 1 atom stereocenters. The van der Waals surface area contributed by atoms with Crippen molar-refractivity contribution in [1.29, 1.82) is 0 Å². The number of hydrogen-bond donors (Lipinski definition) is 1. The van der Waals surface area contributed by atoms with Crippen molar-refractivity contribution in [3.63, 3.8) is 0 Å². The number of carbonyl (C=O) groups excluding carboxylic acids is 2. The standard InChI is InChI=1S/C34H28N2O8S/c1-40-26-12-8-22(30(18-26)43-20-31(37)41-2)16-27-32(23-9-15-28-29(17-23)36-45-35-28)33(38)44-34(27,39)24-10-13-25(14-11-24)42-19-21-6-4-3-5-7-21/h3-15,17-18,39H,16,19-20H2,1-2H3. The topological polar surface area (TPSA) is 126 Å². The van der Waals surface area contributed by atoms with E-state index in [9.17, 15) is 14.7 Å². The summed E-state index contributed by atoms with van der Waals surface area (Å²) in [6, 6.07) is 26.8. The van der Waals surface area contributed by atoms with Crippen LogP contribution in [0.25, 0.3) is 16.6 Å². The summed E-state index contributed by atoms with van der Waals surface area (Å²) in [5.74, 6) is -2.01. The van der Waals surface area contributed by atoms with Crippen molar-refractivity contribution < 1.29 is 38.4 Å². The number of benzene rings is 4. The fourth-order valence-electron chi connectivity index (χ4n) is 5.06. The predicted octanol–water partition coefficient (Wildman–Crippen LogP) is 5.23. The zero-order valence-electron chi connectivity index (χ0n) is 24.4. The molecule has 2 heterocycles. The maximum atomic E-state index is 13.6. The molecule has 1 unspecified atom stereocenters. The molecule has 11 heteroatoms. The number of esters is 2. The van der Waals surface area contributed by atoms with Gasteiger partial charge in [0, 0.05) is 23.6 Å². The van der Waals surface area contributed by atoms with E-state index in [-0.39, 0.29) is 24.2 Å². The van der Waals surface area contributed by atoms with Gasteiger partial charge in [-0.3, -0.25) is 0 Å². The molecular formula is C34H28N2O8S. The summed E-state index contributed by atoms with van der Waals surface area (Å²) < 4.78 is 36.2. The van der Waals surface area contributed by atoms with Crippen molar-refractivity contribution >= 4 is 40.3 Å². The van der Waals surface area contributed by atoms with E-state index in [1.165, 1.54) is 14.2 Å². The highest BCUT2D eigenvalue weighted by atomic mass is 32.1. The number of carbonyl (C=O) groups is 2. The average Bonchev–Trinajstić information content (AvgIpc) is 3.64. The Labute approximate surface area is 262 Å². The maximum absolute atomic E-state index is 13.6. The van der Waals surface area contributed by atoms with Crippen molar-refractivity contribution in [2.75, 3.05) is 20.8 Å². The van der Waals surface area contributed by atoms with Gasteiger partial charge in [-0.05, 0) is 59.2 Å². The Morgan fingerprint density at radius 2 is 1.64 bits per heavy atom. The molecule has 0 spiro atoms. The van der Waals surface area contributed by atoms with Crippen LogP contribution in [0.4, 0.5) is 0 Å². The normalized spacial score (nSPS) is 16.0. The van der Waals surface area contributed by atoms with Gasteiger partial charge in [-0.1, -0.05) is 42.5 Å². The van der Waals surface area contributed by atoms with Crippen molar-refractivity contribution in [3.05, 3.63) is 119 Å². The van der Waals surface area contributed by atoms with Gasteiger partial charge in [0.2, 0.25) is 0 Å². The molecule has 0 fully saturated rings. The van der Waals surface area contributed by atoms with Crippen LogP contribution in [-0.2, 0) is 37.9 Å². The highest BCUT2D eigenvalue weighted by Crippen LogP contribution is 2.46. The molecule has 0 bridgehead atoms. The number of cyclic esters (lactones) is 1. The number of rotatable bonds is 11. The van der Waals surface area contributed by atoms with E-state index >= 15 is 0 Å². The molecule has 6 rings (SSSR count). The van der Waals surface area contributed by atoms with Crippen LogP contribution in [-0.4, -0.2) is 46.6 Å². The van der Waals surface area contributed by atoms with Gasteiger partial charge in [-0.15, -0.1) is 0 Å². The van der Waals surface area contributed by atoms with Gasteiger partial charge >= 0.3 is 11.9 Å². The van der Waals surface area contributed by atoms with Crippen LogP contribution >= 0.6 is 11.7 Å². The number of aromatic nitrogens is 2. The minimum atomic E-state index is -2.13. The lowest BCUT2D eigenvalue weighted by Crippen LogP contribution is -2.29. The highest BCUT2D eigenvalue weighted by Gasteiger charge is 2.48. The Bertz CT molecular complexity index is 1890. The summed E-state index contributed by atoms with van der Waals surface area (Å²) in [5.41, 5.74) is 4.19. The molecule has 1 aromatic heterocycles. The monoisotopic (exact) mass is 624 g/mol. The molecule has 5 aromatic rings. The molecular weight excluding hydrogens is 596 g/mol.